The molecule has 1 nitrogen and oxygen atoms in total. The Morgan fingerprint density at radius 2 is 2.08 bits per heavy atom. The molecular weight excluding hydrogens is 146 g/mol. The first-order valence-electron chi connectivity index (χ1n) is 3.86. The fourth-order valence-electron chi connectivity index (χ4n) is 0.574. The fourth-order valence-corrected chi connectivity index (χ4v) is 0.574. The Kier molecular flexibility index (Phi) is 5.62. The van der Waals surface area contributed by atoms with Crippen molar-refractivity contribution in [3.05, 3.63) is 49.2 Å². The highest BCUT2D eigenvalue weighted by Gasteiger charge is 1.89. The molecule has 0 aliphatic rings. The van der Waals surface area contributed by atoms with E-state index in [1.54, 1.807) is 12.3 Å². The van der Waals surface area contributed by atoms with Crippen molar-refractivity contribution in [1.29, 1.82) is 0 Å². The standard InChI is InChI=1S/C11H15N/c1-5-7-8-10(3)11(4)12-9-6-2/h5-9H,1,3H2,2,4H3/b8-7-,9-6-,12-11-. The second-order valence-corrected chi connectivity index (χ2v) is 2.32. The zero-order chi connectivity index (χ0) is 9.40. The van der Waals surface area contributed by atoms with E-state index in [9.17, 15) is 0 Å². The molecule has 64 valence electrons. The number of hydrogen-bond donors (Lipinski definition) is 0. The van der Waals surface area contributed by atoms with Gasteiger partial charge >= 0.3 is 0 Å². The van der Waals surface area contributed by atoms with Crippen molar-refractivity contribution < 1.29 is 0 Å². The summed E-state index contributed by atoms with van der Waals surface area (Å²) in [4.78, 5) is 4.15. The Bertz CT molecular complexity index is 242. The van der Waals surface area contributed by atoms with Crippen molar-refractivity contribution in [1.82, 2.24) is 0 Å². The number of allylic oxidation sites excluding steroid dienone is 5. The van der Waals surface area contributed by atoms with Gasteiger partial charge in [0.15, 0.2) is 0 Å². The van der Waals surface area contributed by atoms with E-state index in [-0.39, 0.29) is 0 Å². The lowest BCUT2D eigenvalue weighted by Crippen LogP contribution is -1.90. The van der Waals surface area contributed by atoms with E-state index in [0.29, 0.717) is 0 Å². The maximum Gasteiger partial charge on any atom is 0.0438 e. The van der Waals surface area contributed by atoms with Crippen molar-refractivity contribution in [3.63, 3.8) is 0 Å². The van der Waals surface area contributed by atoms with E-state index in [4.69, 9.17) is 0 Å². The molecule has 0 aliphatic carbocycles. The van der Waals surface area contributed by atoms with Gasteiger partial charge in [0.25, 0.3) is 0 Å². The fraction of sp³-hybridized carbons (Fsp3) is 0.182. The minimum atomic E-state index is 0.910. The Balaban J connectivity index is 4.28. The van der Waals surface area contributed by atoms with Gasteiger partial charge in [-0.3, -0.25) is 4.99 Å². The molecule has 0 bridgehead atoms. The Labute approximate surface area is 74.5 Å². The van der Waals surface area contributed by atoms with Crippen LogP contribution in [0, 0.1) is 0 Å². The molecule has 0 unspecified atom stereocenters. The summed E-state index contributed by atoms with van der Waals surface area (Å²) in [5.41, 5.74) is 1.83. The maximum absolute atomic E-state index is 4.15. The van der Waals surface area contributed by atoms with Crippen LogP contribution in [0.4, 0.5) is 0 Å². The highest BCUT2D eigenvalue weighted by atomic mass is 14.7. The van der Waals surface area contributed by atoms with Crippen LogP contribution in [-0.2, 0) is 0 Å². The molecule has 0 heterocycles. The Morgan fingerprint density at radius 1 is 1.42 bits per heavy atom. The van der Waals surface area contributed by atoms with Gasteiger partial charge in [0, 0.05) is 11.9 Å². The largest absolute Gasteiger partial charge is 0.261 e. The van der Waals surface area contributed by atoms with E-state index < -0.39 is 0 Å². The number of aliphatic imine (C=N–C) groups is 1. The molecule has 1 heteroatoms. The van der Waals surface area contributed by atoms with E-state index in [1.165, 1.54) is 0 Å². The molecule has 12 heavy (non-hydrogen) atoms. The van der Waals surface area contributed by atoms with Gasteiger partial charge in [0.05, 0.1) is 0 Å². The molecular formula is C11H15N. The third-order valence-corrected chi connectivity index (χ3v) is 1.32. The highest BCUT2D eigenvalue weighted by Crippen LogP contribution is 1.97. The van der Waals surface area contributed by atoms with Gasteiger partial charge in [-0.1, -0.05) is 37.5 Å². The zero-order valence-corrected chi connectivity index (χ0v) is 7.75. The van der Waals surface area contributed by atoms with Crippen LogP contribution in [0.25, 0.3) is 0 Å². The topological polar surface area (TPSA) is 12.4 Å². The van der Waals surface area contributed by atoms with Crippen molar-refractivity contribution in [2.75, 3.05) is 0 Å². The van der Waals surface area contributed by atoms with Gasteiger partial charge in [0.1, 0.15) is 0 Å². The van der Waals surface area contributed by atoms with Crippen molar-refractivity contribution in [2.24, 2.45) is 4.99 Å². The summed E-state index contributed by atoms with van der Waals surface area (Å²) in [5, 5.41) is 0. The monoisotopic (exact) mass is 161 g/mol. The van der Waals surface area contributed by atoms with Crippen LogP contribution in [0.1, 0.15) is 13.8 Å². The minimum absolute atomic E-state index is 0.910. The number of rotatable bonds is 4. The van der Waals surface area contributed by atoms with E-state index in [0.717, 1.165) is 11.3 Å². The first kappa shape index (κ1) is 10.6. The third-order valence-electron chi connectivity index (χ3n) is 1.32. The SMILES string of the molecule is C=C/C=C\C(=C)/C(C)=N\C=C/C. The summed E-state index contributed by atoms with van der Waals surface area (Å²) in [6.07, 6.45) is 9.08. The van der Waals surface area contributed by atoms with Gasteiger partial charge in [0.2, 0.25) is 0 Å². The predicted molar refractivity (Wildman–Crippen MR) is 56.4 cm³/mol. The average molecular weight is 161 g/mol. The van der Waals surface area contributed by atoms with Gasteiger partial charge in [-0.05, 0) is 19.4 Å². The second kappa shape index (κ2) is 6.35. The van der Waals surface area contributed by atoms with Crippen LogP contribution >= 0.6 is 0 Å². The first-order chi connectivity index (χ1) is 5.72. The maximum atomic E-state index is 4.15. The van der Waals surface area contributed by atoms with Crippen LogP contribution in [0.3, 0.4) is 0 Å². The molecule has 0 aromatic rings. The van der Waals surface area contributed by atoms with E-state index in [1.807, 2.05) is 32.1 Å². The van der Waals surface area contributed by atoms with Crippen LogP contribution in [0.2, 0.25) is 0 Å². The zero-order valence-electron chi connectivity index (χ0n) is 7.75. The Morgan fingerprint density at radius 3 is 2.58 bits per heavy atom. The molecule has 0 atom stereocenters. The molecule has 0 saturated heterocycles. The van der Waals surface area contributed by atoms with Gasteiger partial charge in [-0.25, -0.2) is 0 Å². The molecule has 0 aliphatic heterocycles. The molecule has 0 rings (SSSR count). The third kappa shape index (κ3) is 4.45. The molecule has 0 aromatic carbocycles. The normalized spacial score (nSPS) is 12.7. The smallest absolute Gasteiger partial charge is 0.0438 e. The Hall–Kier alpha value is -1.37. The molecule has 0 saturated carbocycles. The first-order valence-corrected chi connectivity index (χ1v) is 3.86. The minimum Gasteiger partial charge on any atom is -0.261 e. The van der Waals surface area contributed by atoms with Crippen LogP contribution in [0.15, 0.2) is 54.2 Å². The van der Waals surface area contributed by atoms with Crippen LogP contribution in [-0.4, -0.2) is 5.71 Å². The molecule has 0 N–H and O–H groups in total. The summed E-state index contributed by atoms with van der Waals surface area (Å²) in [6.45, 7) is 11.3. The summed E-state index contributed by atoms with van der Waals surface area (Å²) in [5.74, 6) is 0. The molecule has 0 radical (unpaired) electrons. The summed E-state index contributed by atoms with van der Waals surface area (Å²) in [7, 11) is 0. The lowest BCUT2D eigenvalue weighted by molar-refractivity contribution is 1.49. The summed E-state index contributed by atoms with van der Waals surface area (Å²) in [6, 6.07) is 0. The van der Waals surface area contributed by atoms with Crippen molar-refractivity contribution >= 4 is 5.71 Å². The van der Waals surface area contributed by atoms with Gasteiger partial charge < -0.3 is 0 Å². The van der Waals surface area contributed by atoms with E-state index >= 15 is 0 Å². The van der Waals surface area contributed by atoms with Gasteiger partial charge in [-0.2, -0.15) is 0 Å². The predicted octanol–water partition coefficient (Wildman–Crippen LogP) is 3.28. The van der Waals surface area contributed by atoms with Crippen molar-refractivity contribution in [2.45, 2.75) is 13.8 Å². The van der Waals surface area contributed by atoms with E-state index in [2.05, 4.69) is 18.2 Å². The lowest BCUT2D eigenvalue weighted by atomic mass is 10.2. The highest BCUT2D eigenvalue weighted by molar-refractivity contribution is 6.00. The molecule has 0 spiro atoms. The van der Waals surface area contributed by atoms with Crippen molar-refractivity contribution in [3.8, 4) is 0 Å². The lowest BCUT2D eigenvalue weighted by Gasteiger charge is -1.95. The number of hydrogen-bond acceptors (Lipinski definition) is 1. The second-order valence-electron chi connectivity index (χ2n) is 2.32. The molecule has 0 aromatic heterocycles. The average Bonchev–Trinajstić information content (AvgIpc) is 2.10. The summed E-state index contributed by atoms with van der Waals surface area (Å²) >= 11 is 0. The quantitative estimate of drug-likeness (QED) is 0.443. The van der Waals surface area contributed by atoms with Crippen LogP contribution in [0.5, 0.6) is 0 Å². The molecule has 0 fully saturated rings. The molecule has 0 amide bonds. The van der Waals surface area contributed by atoms with Crippen LogP contribution < -0.4 is 0 Å². The van der Waals surface area contributed by atoms with Gasteiger partial charge in [-0.15, -0.1) is 0 Å². The number of nitrogens with zero attached hydrogens (tertiary/aromatic N) is 1. The summed E-state index contributed by atoms with van der Waals surface area (Å²) < 4.78 is 0.